The van der Waals surface area contributed by atoms with Crippen LogP contribution >= 0.6 is 0 Å². The molecule has 7 nitrogen and oxygen atoms in total. The second-order valence-corrected chi connectivity index (χ2v) is 7.33. The summed E-state index contributed by atoms with van der Waals surface area (Å²) in [6.07, 6.45) is 7.36. The number of pyridine rings is 1. The number of nitrogens with zero attached hydrogens (tertiary/aromatic N) is 2. The molecule has 2 aromatic rings. The fourth-order valence-electron chi connectivity index (χ4n) is 3.12. The van der Waals surface area contributed by atoms with Crippen LogP contribution in [0.25, 0.3) is 10.9 Å². The Morgan fingerprint density at radius 2 is 1.90 bits per heavy atom. The average molecular weight is 415 g/mol. The zero-order chi connectivity index (χ0) is 22.1. The molecule has 162 valence electrons. The summed E-state index contributed by atoms with van der Waals surface area (Å²) in [7, 11) is 0. The first kappa shape index (κ1) is 23.2. The van der Waals surface area contributed by atoms with Gasteiger partial charge in [0.1, 0.15) is 13.2 Å². The van der Waals surface area contributed by atoms with Gasteiger partial charge in [-0.1, -0.05) is 44.4 Å². The van der Waals surface area contributed by atoms with E-state index in [9.17, 15) is 14.9 Å². The molecule has 0 amide bonds. The van der Waals surface area contributed by atoms with Gasteiger partial charge in [0.05, 0.1) is 10.4 Å². The van der Waals surface area contributed by atoms with E-state index in [0.717, 1.165) is 31.3 Å². The molecule has 30 heavy (non-hydrogen) atoms. The largest absolute Gasteiger partial charge is 0.485 e. The molecule has 0 aliphatic rings. The van der Waals surface area contributed by atoms with Gasteiger partial charge in [0, 0.05) is 24.1 Å². The Balaban J connectivity index is 2.68. The Morgan fingerprint density at radius 1 is 1.17 bits per heavy atom. The van der Waals surface area contributed by atoms with Gasteiger partial charge in [-0.25, -0.2) is 0 Å². The summed E-state index contributed by atoms with van der Waals surface area (Å²) in [5.41, 5.74) is 1.13. The summed E-state index contributed by atoms with van der Waals surface area (Å²) >= 11 is 0. The summed E-state index contributed by atoms with van der Waals surface area (Å²) in [6, 6.07) is 4.47. The Labute approximate surface area is 176 Å². The maximum absolute atomic E-state index is 13.3. The van der Waals surface area contributed by atoms with Gasteiger partial charge < -0.3 is 14.0 Å². The van der Waals surface area contributed by atoms with Crippen molar-refractivity contribution >= 4 is 16.6 Å². The lowest BCUT2D eigenvalue weighted by Gasteiger charge is -2.18. The van der Waals surface area contributed by atoms with Gasteiger partial charge in [-0.2, -0.15) is 0 Å². The predicted octanol–water partition coefficient (Wildman–Crippen LogP) is 5.40. The van der Waals surface area contributed by atoms with Crippen LogP contribution in [0.5, 0.6) is 11.5 Å². The van der Waals surface area contributed by atoms with E-state index in [1.807, 2.05) is 19.9 Å². The zero-order valence-corrected chi connectivity index (χ0v) is 18.0. The van der Waals surface area contributed by atoms with Crippen molar-refractivity contribution in [2.75, 3.05) is 13.2 Å². The minimum Gasteiger partial charge on any atom is -0.485 e. The molecule has 0 saturated heterocycles. The second kappa shape index (κ2) is 11.2. The maximum atomic E-state index is 13.3. The Hall–Kier alpha value is -3.09. The summed E-state index contributed by atoms with van der Waals surface area (Å²) < 4.78 is 13.2. The first-order valence-electron chi connectivity index (χ1n) is 10.3. The summed E-state index contributed by atoms with van der Waals surface area (Å²) in [6.45, 7) is 10.5. The van der Waals surface area contributed by atoms with Gasteiger partial charge in [0.15, 0.2) is 5.75 Å². The second-order valence-electron chi connectivity index (χ2n) is 7.33. The van der Waals surface area contributed by atoms with Crippen LogP contribution in [0.1, 0.15) is 46.5 Å². The number of allylic oxidation sites excluding steroid dienone is 1. The van der Waals surface area contributed by atoms with Gasteiger partial charge in [0.2, 0.25) is 5.75 Å². The SMILES string of the molecule is C=CCOc1c(OCC=C(C)C)c2ccc([N+](=O)[O-])cc2n(CCCCCC)c1=O. The predicted molar refractivity (Wildman–Crippen MR) is 120 cm³/mol. The molecule has 0 spiro atoms. The number of rotatable bonds is 12. The van der Waals surface area contributed by atoms with E-state index in [0.29, 0.717) is 23.2 Å². The topological polar surface area (TPSA) is 83.6 Å². The molecule has 0 N–H and O–H groups in total. The molecule has 0 bridgehead atoms. The van der Waals surface area contributed by atoms with Gasteiger partial charge >= 0.3 is 0 Å². The number of non-ortho nitro benzene ring substituents is 1. The molecule has 0 saturated carbocycles. The third-order valence-electron chi connectivity index (χ3n) is 4.67. The van der Waals surface area contributed by atoms with Crippen LogP contribution in [0.3, 0.4) is 0 Å². The van der Waals surface area contributed by atoms with Gasteiger partial charge in [-0.3, -0.25) is 14.9 Å². The van der Waals surface area contributed by atoms with Crippen molar-refractivity contribution in [3.63, 3.8) is 0 Å². The number of hydrogen-bond donors (Lipinski definition) is 0. The van der Waals surface area contributed by atoms with E-state index < -0.39 is 4.92 Å². The molecule has 1 heterocycles. The lowest BCUT2D eigenvalue weighted by atomic mass is 10.1. The number of ether oxygens (including phenoxy) is 2. The summed E-state index contributed by atoms with van der Waals surface area (Å²) in [5, 5.41) is 11.9. The molecule has 1 aromatic heterocycles. The molecule has 0 atom stereocenters. The summed E-state index contributed by atoms with van der Waals surface area (Å²) in [5.74, 6) is 0.406. The molecule has 0 fully saturated rings. The lowest BCUT2D eigenvalue weighted by Crippen LogP contribution is -2.24. The molecule has 0 aliphatic carbocycles. The Morgan fingerprint density at radius 3 is 2.53 bits per heavy atom. The fourth-order valence-corrected chi connectivity index (χ4v) is 3.12. The van der Waals surface area contributed by atoms with E-state index in [1.54, 1.807) is 16.7 Å². The molecule has 2 rings (SSSR count). The average Bonchev–Trinajstić information content (AvgIpc) is 2.71. The number of unbranched alkanes of at least 4 members (excludes halogenated alkanes) is 3. The van der Waals surface area contributed by atoms with Crippen LogP contribution in [0.15, 0.2) is 47.3 Å². The number of nitro benzene ring substituents is 1. The van der Waals surface area contributed by atoms with Crippen molar-refractivity contribution in [2.24, 2.45) is 0 Å². The van der Waals surface area contributed by atoms with E-state index in [4.69, 9.17) is 9.47 Å². The fraction of sp³-hybridized carbons (Fsp3) is 0.435. The van der Waals surface area contributed by atoms with Crippen molar-refractivity contribution in [2.45, 2.75) is 53.0 Å². The normalized spacial score (nSPS) is 10.6. The highest BCUT2D eigenvalue weighted by Gasteiger charge is 2.21. The van der Waals surface area contributed by atoms with Crippen molar-refractivity contribution in [3.05, 3.63) is 63.0 Å². The van der Waals surface area contributed by atoms with Crippen LogP contribution in [0.4, 0.5) is 5.69 Å². The number of benzene rings is 1. The number of hydrogen-bond acceptors (Lipinski definition) is 5. The van der Waals surface area contributed by atoms with Crippen LogP contribution in [0, 0.1) is 10.1 Å². The third-order valence-corrected chi connectivity index (χ3v) is 4.67. The van der Waals surface area contributed by atoms with Gasteiger partial charge in [-0.05, 0) is 32.4 Å². The number of fused-ring (bicyclic) bond motifs is 1. The molecular formula is C23H30N2O5. The van der Waals surface area contributed by atoms with Crippen LogP contribution in [0.2, 0.25) is 0 Å². The number of aromatic nitrogens is 1. The Bertz CT molecular complexity index is 987. The monoisotopic (exact) mass is 414 g/mol. The smallest absolute Gasteiger partial charge is 0.297 e. The van der Waals surface area contributed by atoms with E-state index >= 15 is 0 Å². The first-order chi connectivity index (χ1) is 14.4. The minimum atomic E-state index is -0.461. The minimum absolute atomic E-state index is 0.0702. The van der Waals surface area contributed by atoms with Crippen LogP contribution < -0.4 is 15.0 Å². The van der Waals surface area contributed by atoms with Crippen LogP contribution in [-0.4, -0.2) is 22.7 Å². The van der Waals surface area contributed by atoms with Gasteiger partial charge in [-0.15, -0.1) is 0 Å². The standard InChI is InChI=1S/C23H30N2O5/c1-5-7-8-9-13-24-20-16-18(25(27)28)10-11-19(20)21(30-15-12-17(3)4)22(23(24)26)29-14-6-2/h6,10-12,16H,2,5,7-9,13-15H2,1,3-4H3. The van der Waals surface area contributed by atoms with E-state index in [2.05, 4.69) is 13.5 Å². The van der Waals surface area contributed by atoms with Crippen molar-refractivity contribution < 1.29 is 14.4 Å². The molecule has 0 unspecified atom stereocenters. The highest BCUT2D eigenvalue weighted by molar-refractivity contribution is 5.89. The van der Waals surface area contributed by atoms with Crippen molar-refractivity contribution in [1.29, 1.82) is 0 Å². The van der Waals surface area contributed by atoms with Gasteiger partial charge in [0.25, 0.3) is 11.2 Å². The number of aryl methyl sites for hydroxylation is 1. The van der Waals surface area contributed by atoms with E-state index in [-0.39, 0.29) is 30.2 Å². The molecule has 7 heteroatoms. The molecular weight excluding hydrogens is 384 g/mol. The molecule has 0 radical (unpaired) electrons. The zero-order valence-electron chi connectivity index (χ0n) is 18.0. The molecule has 1 aromatic carbocycles. The summed E-state index contributed by atoms with van der Waals surface area (Å²) in [4.78, 5) is 24.2. The maximum Gasteiger partial charge on any atom is 0.297 e. The quantitative estimate of drug-likeness (QED) is 0.201. The third kappa shape index (κ3) is 5.72. The number of nitro groups is 1. The Kier molecular flexibility index (Phi) is 8.65. The molecule has 0 aliphatic heterocycles. The van der Waals surface area contributed by atoms with E-state index in [1.165, 1.54) is 12.1 Å². The van der Waals surface area contributed by atoms with Crippen molar-refractivity contribution in [3.8, 4) is 11.5 Å². The van der Waals surface area contributed by atoms with Crippen LogP contribution in [-0.2, 0) is 6.54 Å². The first-order valence-corrected chi connectivity index (χ1v) is 10.3. The highest BCUT2D eigenvalue weighted by Crippen LogP contribution is 2.35. The lowest BCUT2D eigenvalue weighted by molar-refractivity contribution is -0.384. The van der Waals surface area contributed by atoms with Crippen molar-refractivity contribution in [1.82, 2.24) is 4.57 Å². The highest BCUT2D eigenvalue weighted by atomic mass is 16.6.